The van der Waals surface area contributed by atoms with E-state index in [-0.39, 0.29) is 12.7 Å². The summed E-state index contributed by atoms with van der Waals surface area (Å²) in [4.78, 5) is 10.3. The first-order valence-electron chi connectivity index (χ1n) is 4.68. The van der Waals surface area contributed by atoms with Gasteiger partial charge in [0.25, 0.3) is 0 Å². The fraction of sp³-hybridized carbons (Fsp3) is 0.364. The molecule has 0 saturated heterocycles. The molecule has 1 aliphatic carbocycles. The molecular weight excluding hydrogens is 180 g/mol. The molecule has 2 rings (SSSR count). The molecule has 3 heteroatoms. The van der Waals surface area contributed by atoms with Crippen molar-refractivity contribution in [2.24, 2.45) is 0 Å². The lowest BCUT2D eigenvalue weighted by Gasteiger charge is -2.10. The summed E-state index contributed by atoms with van der Waals surface area (Å²) in [7, 11) is 0. The summed E-state index contributed by atoms with van der Waals surface area (Å²) < 4.78 is 5.29. The maximum atomic E-state index is 10.3. The van der Waals surface area contributed by atoms with Gasteiger partial charge < -0.3 is 9.84 Å². The van der Waals surface area contributed by atoms with Crippen LogP contribution in [0.15, 0.2) is 24.3 Å². The van der Waals surface area contributed by atoms with Crippen LogP contribution in [0.4, 0.5) is 0 Å². The van der Waals surface area contributed by atoms with E-state index in [1.54, 1.807) is 0 Å². The highest BCUT2D eigenvalue weighted by molar-refractivity contribution is 5.68. The molecule has 14 heavy (non-hydrogen) atoms. The van der Waals surface area contributed by atoms with Gasteiger partial charge in [0.2, 0.25) is 0 Å². The van der Waals surface area contributed by atoms with E-state index in [0.29, 0.717) is 0 Å². The van der Waals surface area contributed by atoms with Crippen LogP contribution < -0.4 is 0 Å². The SMILES string of the molecule is O=C(O)COC1CCc2ccccc21. The zero-order valence-electron chi connectivity index (χ0n) is 7.77. The summed E-state index contributed by atoms with van der Waals surface area (Å²) >= 11 is 0. The lowest BCUT2D eigenvalue weighted by molar-refractivity contribution is -0.144. The van der Waals surface area contributed by atoms with Crippen molar-refractivity contribution >= 4 is 5.97 Å². The molecule has 1 aliphatic rings. The second-order valence-electron chi connectivity index (χ2n) is 3.43. The minimum atomic E-state index is -0.908. The number of carboxylic acids is 1. The smallest absolute Gasteiger partial charge is 0.329 e. The minimum Gasteiger partial charge on any atom is -0.480 e. The number of aryl methyl sites for hydroxylation is 1. The molecule has 0 spiro atoms. The number of benzene rings is 1. The van der Waals surface area contributed by atoms with Gasteiger partial charge in [0, 0.05) is 0 Å². The summed E-state index contributed by atoms with van der Waals surface area (Å²) in [6.45, 7) is -0.209. The molecule has 1 N–H and O–H groups in total. The van der Waals surface area contributed by atoms with Crippen LogP contribution in [0.1, 0.15) is 23.7 Å². The number of aliphatic carboxylic acids is 1. The highest BCUT2D eigenvalue weighted by Crippen LogP contribution is 2.33. The van der Waals surface area contributed by atoms with E-state index in [9.17, 15) is 4.79 Å². The summed E-state index contributed by atoms with van der Waals surface area (Å²) in [6, 6.07) is 8.04. The molecular formula is C11H12O3. The monoisotopic (exact) mass is 192 g/mol. The third-order valence-corrected chi connectivity index (χ3v) is 2.49. The van der Waals surface area contributed by atoms with E-state index in [4.69, 9.17) is 9.84 Å². The van der Waals surface area contributed by atoms with Gasteiger partial charge in [-0.3, -0.25) is 0 Å². The van der Waals surface area contributed by atoms with E-state index in [0.717, 1.165) is 18.4 Å². The predicted molar refractivity (Wildman–Crippen MR) is 51.1 cm³/mol. The first-order chi connectivity index (χ1) is 6.77. The lowest BCUT2D eigenvalue weighted by atomic mass is 10.1. The third kappa shape index (κ3) is 1.77. The van der Waals surface area contributed by atoms with Crippen LogP contribution >= 0.6 is 0 Å². The Morgan fingerprint density at radius 2 is 2.29 bits per heavy atom. The molecule has 3 nitrogen and oxygen atoms in total. The Balaban J connectivity index is 2.07. The molecule has 1 aromatic carbocycles. The Labute approximate surface area is 82.3 Å². The van der Waals surface area contributed by atoms with E-state index in [2.05, 4.69) is 6.07 Å². The molecule has 0 radical (unpaired) electrons. The van der Waals surface area contributed by atoms with Crippen LogP contribution in [0.5, 0.6) is 0 Å². The number of rotatable bonds is 3. The highest BCUT2D eigenvalue weighted by atomic mass is 16.5. The molecule has 0 saturated carbocycles. The average Bonchev–Trinajstić information content (AvgIpc) is 2.58. The van der Waals surface area contributed by atoms with Crippen molar-refractivity contribution in [1.29, 1.82) is 0 Å². The Kier molecular flexibility index (Phi) is 2.50. The van der Waals surface area contributed by atoms with Crippen LogP contribution in [0, 0.1) is 0 Å². The van der Waals surface area contributed by atoms with Gasteiger partial charge in [0.1, 0.15) is 6.61 Å². The number of fused-ring (bicyclic) bond motifs is 1. The second kappa shape index (κ2) is 3.80. The highest BCUT2D eigenvalue weighted by Gasteiger charge is 2.22. The maximum Gasteiger partial charge on any atom is 0.329 e. The normalized spacial score (nSPS) is 19.3. The topological polar surface area (TPSA) is 46.5 Å². The van der Waals surface area contributed by atoms with Crippen molar-refractivity contribution in [2.45, 2.75) is 18.9 Å². The zero-order valence-corrected chi connectivity index (χ0v) is 7.77. The Morgan fingerprint density at radius 3 is 3.07 bits per heavy atom. The molecule has 0 aliphatic heterocycles. The first-order valence-corrected chi connectivity index (χ1v) is 4.68. The fourth-order valence-corrected chi connectivity index (χ4v) is 1.86. The third-order valence-electron chi connectivity index (χ3n) is 2.49. The van der Waals surface area contributed by atoms with Crippen LogP contribution in [-0.2, 0) is 16.0 Å². The molecule has 0 fully saturated rings. The predicted octanol–water partition coefficient (Wildman–Crippen LogP) is 1.78. The van der Waals surface area contributed by atoms with Gasteiger partial charge in [-0.15, -0.1) is 0 Å². The van der Waals surface area contributed by atoms with E-state index >= 15 is 0 Å². The Morgan fingerprint density at radius 1 is 1.50 bits per heavy atom. The van der Waals surface area contributed by atoms with Crippen molar-refractivity contribution in [1.82, 2.24) is 0 Å². The molecule has 0 amide bonds. The quantitative estimate of drug-likeness (QED) is 0.793. The van der Waals surface area contributed by atoms with E-state index < -0.39 is 5.97 Å². The second-order valence-corrected chi connectivity index (χ2v) is 3.43. The van der Waals surface area contributed by atoms with E-state index in [1.807, 2.05) is 18.2 Å². The van der Waals surface area contributed by atoms with Crippen molar-refractivity contribution in [3.05, 3.63) is 35.4 Å². The number of hydrogen-bond acceptors (Lipinski definition) is 2. The number of carbonyl (C=O) groups is 1. The summed E-state index contributed by atoms with van der Waals surface area (Å²) in [5, 5.41) is 8.50. The number of carboxylic acid groups (broad SMARTS) is 1. The number of hydrogen-bond donors (Lipinski definition) is 1. The molecule has 1 unspecified atom stereocenters. The Bertz CT molecular complexity index is 346. The maximum absolute atomic E-state index is 10.3. The van der Waals surface area contributed by atoms with Crippen LogP contribution in [0.2, 0.25) is 0 Å². The van der Waals surface area contributed by atoms with Crippen LogP contribution in [0.25, 0.3) is 0 Å². The summed E-state index contributed by atoms with van der Waals surface area (Å²) in [5.41, 5.74) is 2.43. The van der Waals surface area contributed by atoms with Crippen molar-refractivity contribution in [2.75, 3.05) is 6.61 Å². The van der Waals surface area contributed by atoms with Crippen molar-refractivity contribution in [3.63, 3.8) is 0 Å². The molecule has 0 bridgehead atoms. The number of ether oxygens (including phenoxy) is 1. The molecule has 0 aromatic heterocycles. The van der Waals surface area contributed by atoms with Crippen molar-refractivity contribution < 1.29 is 14.6 Å². The molecule has 1 atom stereocenters. The molecule has 1 aromatic rings. The van der Waals surface area contributed by atoms with Gasteiger partial charge in [0.05, 0.1) is 6.10 Å². The molecule has 0 heterocycles. The van der Waals surface area contributed by atoms with Gasteiger partial charge in [-0.05, 0) is 24.0 Å². The molecule has 74 valence electrons. The van der Waals surface area contributed by atoms with Gasteiger partial charge in [-0.25, -0.2) is 4.79 Å². The fourth-order valence-electron chi connectivity index (χ4n) is 1.86. The standard InChI is InChI=1S/C11H12O3/c12-11(13)7-14-10-6-5-8-3-1-2-4-9(8)10/h1-4,10H,5-7H2,(H,12,13). The van der Waals surface area contributed by atoms with Gasteiger partial charge in [0.15, 0.2) is 0 Å². The van der Waals surface area contributed by atoms with Gasteiger partial charge in [-0.1, -0.05) is 24.3 Å². The first kappa shape index (κ1) is 9.21. The average molecular weight is 192 g/mol. The van der Waals surface area contributed by atoms with Gasteiger partial charge >= 0.3 is 5.97 Å². The zero-order chi connectivity index (χ0) is 9.97. The Hall–Kier alpha value is -1.35. The largest absolute Gasteiger partial charge is 0.480 e. The lowest BCUT2D eigenvalue weighted by Crippen LogP contribution is -2.10. The summed E-state index contributed by atoms with van der Waals surface area (Å²) in [5.74, 6) is -0.908. The van der Waals surface area contributed by atoms with Crippen LogP contribution in [-0.4, -0.2) is 17.7 Å². The van der Waals surface area contributed by atoms with Crippen LogP contribution in [0.3, 0.4) is 0 Å². The van der Waals surface area contributed by atoms with Crippen molar-refractivity contribution in [3.8, 4) is 0 Å². The minimum absolute atomic E-state index is 0.0256. The van der Waals surface area contributed by atoms with Gasteiger partial charge in [-0.2, -0.15) is 0 Å². The van der Waals surface area contributed by atoms with E-state index in [1.165, 1.54) is 5.56 Å². The summed E-state index contributed by atoms with van der Waals surface area (Å²) in [6.07, 6.45) is 1.86.